The van der Waals surface area contributed by atoms with Gasteiger partial charge in [-0.15, -0.1) is 10.2 Å². The number of hydrogen-bond acceptors (Lipinski definition) is 5. The molecule has 3 N–H and O–H groups in total. The van der Waals surface area contributed by atoms with Crippen molar-refractivity contribution < 1.29 is 4.74 Å². The number of benzene rings is 1. The van der Waals surface area contributed by atoms with E-state index in [1.807, 2.05) is 30.3 Å². The Labute approximate surface area is 98.6 Å². The lowest BCUT2D eigenvalue weighted by Crippen LogP contribution is -2.13. The van der Waals surface area contributed by atoms with Gasteiger partial charge in [0.1, 0.15) is 24.0 Å². The third kappa shape index (κ3) is 1.87. The highest BCUT2D eigenvalue weighted by Gasteiger charge is 2.23. The Hall–Kier alpha value is -2.30. The fourth-order valence-corrected chi connectivity index (χ4v) is 1.88. The molecule has 5 nitrogen and oxygen atoms in total. The second-order valence-electron chi connectivity index (χ2n) is 3.89. The molecule has 0 bridgehead atoms. The molecule has 0 aliphatic carbocycles. The van der Waals surface area contributed by atoms with Crippen molar-refractivity contribution in [2.24, 2.45) is 0 Å². The molecule has 17 heavy (non-hydrogen) atoms. The van der Waals surface area contributed by atoms with Crippen LogP contribution in [0.25, 0.3) is 0 Å². The van der Waals surface area contributed by atoms with E-state index in [4.69, 9.17) is 10.5 Å². The first-order valence-electron chi connectivity index (χ1n) is 5.40. The molecule has 0 spiro atoms. The Morgan fingerprint density at radius 2 is 2.06 bits per heavy atom. The zero-order chi connectivity index (χ0) is 11.7. The molecule has 0 saturated carbocycles. The maximum absolute atomic E-state index is 5.57. The van der Waals surface area contributed by atoms with Crippen LogP contribution in [0.15, 0.2) is 36.4 Å². The molecule has 1 aromatic heterocycles. The summed E-state index contributed by atoms with van der Waals surface area (Å²) >= 11 is 0. The number of aromatic nitrogens is 2. The van der Waals surface area contributed by atoms with Crippen LogP contribution in [0.3, 0.4) is 0 Å². The first-order chi connectivity index (χ1) is 8.33. The highest BCUT2D eigenvalue weighted by Crippen LogP contribution is 2.33. The van der Waals surface area contributed by atoms with Crippen LogP contribution >= 0.6 is 0 Å². The normalized spacial score (nSPS) is 17.3. The summed E-state index contributed by atoms with van der Waals surface area (Å²) in [4.78, 5) is 0. The van der Waals surface area contributed by atoms with Gasteiger partial charge in [-0.2, -0.15) is 0 Å². The fourth-order valence-electron chi connectivity index (χ4n) is 1.88. The molecule has 0 saturated heterocycles. The van der Waals surface area contributed by atoms with Gasteiger partial charge in [0.05, 0.1) is 6.04 Å². The van der Waals surface area contributed by atoms with Gasteiger partial charge in [0.2, 0.25) is 0 Å². The van der Waals surface area contributed by atoms with Crippen LogP contribution in [0.1, 0.15) is 11.6 Å². The minimum Gasteiger partial charge on any atom is -0.491 e. The van der Waals surface area contributed by atoms with Gasteiger partial charge < -0.3 is 15.8 Å². The number of anilines is 2. The summed E-state index contributed by atoms with van der Waals surface area (Å²) in [6.07, 6.45) is 0. The SMILES string of the molecule is Nc1ccc(NC2COc3ccccc32)nn1. The molecule has 3 rings (SSSR count). The molecule has 1 unspecified atom stereocenters. The zero-order valence-corrected chi connectivity index (χ0v) is 9.13. The first kappa shape index (κ1) is 9.89. The Morgan fingerprint density at radius 3 is 2.88 bits per heavy atom. The van der Waals surface area contributed by atoms with Crippen LogP contribution in [-0.4, -0.2) is 16.8 Å². The number of ether oxygens (including phenoxy) is 1. The van der Waals surface area contributed by atoms with Crippen molar-refractivity contribution in [1.29, 1.82) is 0 Å². The summed E-state index contributed by atoms with van der Waals surface area (Å²) in [5.41, 5.74) is 6.63. The minimum absolute atomic E-state index is 0.115. The number of nitrogens with two attached hydrogens (primary N) is 1. The average Bonchev–Trinajstić information content (AvgIpc) is 2.76. The molecular weight excluding hydrogens is 216 g/mol. The highest BCUT2D eigenvalue weighted by atomic mass is 16.5. The molecule has 1 aliphatic heterocycles. The quantitative estimate of drug-likeness (QED) is 0.816. The number of fused-ring (bicyclic) bond motifs is 1. The smallest absolute Gasteiger partial charge is 0.149 e. The monoisotopic (exact) mass is 228 g/mol. The molecule has 0 radical (unpaired) electrons. The third-order valence-electron chi connectivity index (χ3n) is 2.71. The Morgan fingerprint density at radius 1 is 1.18 bits per heavy atom. The zero-order valence-electron chi connectivity index (χ0n) is 9.13. The lowest BCUT2D eigenvalue weighted by molar-refractivity contribution is 0.339. The van der Waals surface area contributed by atoms with Crippen molar-refractivity contribution in [2.45, 2.75) is 6.04 Å². The molecular formula is C12H12N4O. The maximum Gasteiger partial charge on any atom is 0.149 e. The second kappa shape index (κ2) is 3.93. The van der Waals surface area contributed by atoms with E-state index in [1.54, 1.807) is 6.07 Å². The molecule has 1 atom stereocenters. The molecule has 0 amide bonds. The second-order valence-corrected chi connectivity index (χ2v) is 3.89. The van der Waals surface area contributed by atoms with Crippen LogP contribution in [0.2, 0.25) is 0 Å². The summed E-state index contributed by atoms with van der Waals surface area (Å²) < 4.78 is 5.57. The van der Waals surface area contributed by atoms with Crippen molar-refractivity contribution >= 4 is 11.6 Å². The summed E-state index contributed by atoms with van der Waals surface area (Å²) in [6.45, 7) is 0.603. The van der Waals surface area contributed by atoms with Crippen LogP contribution in [0.4, 0.5) is 11.6 Å². The van der Waals surface area contributed by atoms with E-state index in [1.165, 1.54) is 0 Å². The minimum atomic E-state index is 0.115. The van der Waals surface area contributed by atoms with E-state index in [-0.39, 0.29) is 6.04 Å². The molecule has 5 heteroatoms. The standard InChI is InChI=1S/C12H12N4O/c13-11-5-6-12(16-15-11)14-9-7-17-10-4-2-1-3-8(9)10/h1-6,9H,7H2,(H2,13,15)(H,14,16). The predicted octanol–water partition coefficient (Wildman–Crippen LogP) is 1.60. The van der Waals surface area contributed by atoms with Gasteiger partial charge in [0, 0.05) is 5.56 Å². The van der Waals surface area contributed by atoms with Crippen molar-refractivity contribution in [3.8, 4) is 5.75 Å². The average molecular weight is 228 g/mol. The lowest BCUT2D eigenvalue weighted by Gasteiger charge is -2.11. The maximum atomic E-state index is 5.57. The highest BCUT2D eigenvalue weighted by molar-refractivity contribution is 5.46. The Kier molecular flexibility index (Phi) is 2.29. The molecule has 1 aliphatic rings. The largest absolute Gasteiger partial charge is 0.491 e. The summed E-state index contributed by atoms with van der Waals surface area (Å²) in [7, 11) is 0. The third-order valence-corrected chi connectivity index (χ3v) is 2.71. The van der Waals surface area contributed by atoms with Crippen LogP contribution in [0.5, 0.6) is 5.75 Å². The van der Waals surface area contributed by atoms with E-state index in [0.717, 1.165) is 11.3 Å². The number of nitrogens with one attached hydrogen (secondary N) is 1. The Balaban J connectivity index is 1.81. The predicted molar refractivity (Wildman–Crippen MR) is 64.7 cm³/mol. The van der Waals surface area contributed by atoms with Gasteiger partial charge in [0.25, 0.3) is 0 Å². The summed E-state index contributed by atoms with van der Waals surface area (Å²) in [5.74, 6) is 2.04. The Bertz CT molecular complexity index is 526. The van der Waals surface area contributed by atoms with Crippen LogP contribution in [-0.2, 0) is 0 Å². The topological polar surface area (TPSA) is 73.1 Å². The van der Waals surface area contributed by atoms with Crippen molar-refractivity contribution in [2.75, 3.05) is 17.7 Å². The van der Waals surface area contributed by atoms with E-state index in [2.05, 4.69) is 15.5 Å². The molecule has 2 heterocycles. The molecule has 2 aromatic rings. The molecule has 86 valence electrons. The van der Waals surface area contributed by atoms with Gasteiger partial charge in [-0.1, -0.05) is 18.2 Å². The number of nitrogen functional groups attached to an aromatic ring is 1. The summed E-state index contributed by atoms with van der Waals surface area (Å²) in [5, 5.41) is 11.0. The van der Waals surface area contributed by atoms with E-state index in [9.17, 15) is 0 Å². The lowest BCUT2D eigenvalue weighted by atomic mass is 10.1. The number of rotatable bonds is 2. The number of hydrogen-bond donors (Lipinski definition) is 2. The summed E-state index contributed by atoms with van der Waals surface area (Å²) in [6, 6.07) is 11.6. The van der Waals surface area contributed by atoms with E-state index >= 15 is 0 Å². The molecule has 1 aromatic carbocycles. The van der Waals surface area contributed by atoms with Crippen molar-refractivity contribution in [3.63, 3.8) is 0 Å². The van der Waals surface area contributed by atoms with Gasteiger partial charge in [-0.3, -0.25) is 0 Å². The van der Waals surface area contributed by atoms with Gasteiger partial charge in [-0.25, -0.2) is 0 Å². The van der Waals surface area contributed by atoms with Crippen molar-refractivity contribution in [3.05, 3.63) is 42.0 Å². The van der Waals surface area contributed by atoms with Crippen LogP contribution < -0.4 is 15.8 Å². The van der Waals surface area contributed by atoms with Crippen LogP contribution in [0, 0.1) is 0 Å². The van der Waals surface area contributed by atoms with E-state index < -0.39 is 0 Å². The fraction of sp³-hybridized carbons (Fsp3) is 0.167. The first-order valence-corrected chi connectivity index (χ1v) is 5.40. The van der Waals surface area contributed by atoms with Crippen molar-refractivity contribution in [1.82, 2.24) is 10.2 Å². The van der Waals surface area contributed by atoms with E-state index in [0.29, 0.717) is 18.2 Å². The number of nitrogens with zero attached hydrogens (tertiary/aromatic N) is 2. The van der Waals surface area contributed by atoms with Gasteiger partial charge in [-0.05, 0) is 18.2 Å². The van der Waals surface area contributed by atoms with Gasteiger partial charge >= 0.3 is 0 Å². The molecule has 0 fully saturated rings. The van der Waals surface area contributed by atoms with Gasteiger partial charge in [0.15, 0.2) is 0 Å². The number of para-hydroxylation sites is 1.